The third kappa shape index (κ3) is 3.69. The Bertz CT molecular complexity index is 716. The first-order valence-corrected chi connectivity index (χ1v) is 8.35. The van der Waals surface area contributed by atoms with Crippen LogP contribution >= 0.6 is 22.9 Å². The van der Waals surface area contributed by atoms with Crippen LogP contribution in [-0.4, -0.2) is 15.0 Å². The van der Waals surface area contributed by atoms with Crippen molar-refractivity contribution in [1.29, 1.82) is 0 Å². The van der Waals surface area contributed by atoms with Crippen molar-refractivity contribution >= 4 is 38.6 Å². The molecule has 1 aromatic heterocycles. The van der Waals surface area contributed by atoms with Crippen LogP contribution in [0.4, 0.5) is 10.1 Å². The molecule has 0 amide bonds. The predicted molar refractivity (Wildman–Crippen MR) is 79.0 cm³/mol. The molecule has 3 N–H and O–H groups in total. The summed E-state index contributed by atoms with van der Waals surface area (Å²) in [5.41, 5.74) is 5.67. The van der Waals surface area contributed by atoms with E-state index < -0.39 is 20.7 Å². The minimum Gasteiger partial charge on any atom is -0.399 e. The lowest BCUT2D eigenvalue weighted by Crippen LogP contribution is -2.26. The topological polar surface area (TPSA) is 72.2 Å². The van der Waals surface area contributed by atoms with Crippen molar-refractivity contribution in [1.82, 2.24) is 4.72 Å². The SMILES string of the molecule is Nc1ccc(F)c(S(=O)(=O)NCCc2ccc(Cl)s2)c1. The standard InChI is InChI=1S/C12H12ClFN2O2S2/c13-12-4-2-9(19-12)5-6-16-20(17,18)11-7-8(15)1-3-10(11)14/h1-4,7,16H,5-6,15H2. The Morgan fingerprint density at radius 2 is 2.05 bits per heavy atom. The minimum atomic E-state index is -3.91. The van der Waals surface area contributed by atoms with Gasteiger partial charge in [0.2, 0.25) is 10.0 Å². The van der Waals surface area contributed by atoms with Gasteiger partial charge in [-0.15, -0.1) is 11.3 Å². The molecule has 0 spiro atoms. The number of halogens is 2. The number of nitrogens with two attached hydrogens (primary N) is 1. The summed E-state index contributed by atoms with van der Waals surface area (Å²) in [6.07, 6.45) is 0.487. The predicted octanol–water partition coefficient (Wildman–Crippen LogP) is 2.64. The Labute approximate surface area is 125 Å². The van der Waals surface area contributed by atoms with Crippen LogP contribution in [0.2, 0.25) is 4.34 Å². The van der Waals surface area contributed by atoms with Gasteiger partial charge in [0.25, 0.3) is 0 Å². The highest BCUT2D eigenvalue weighted by molar-refractivity contribution is 7.89. The molecule has 0 aliphatic heterocycles. The lowest BCUT2D eigenvalue weighted by molar-refractivity contribution is 0.557. The average molecular weight is 335 g/mol. The second-order valence-electron chi connectivity index (χ2n) is 4.04. The molecule has 0 aliphatic rings. The molecule has 1 aromatic carbocycles. The first-order valence-electron chi connectivity index (χ1n) is 5.67. The van der Waals surface area contributed by atoms with Gasteiger partial charge in [-0.1, -0.05) is 11.6 Å². The minimum absolute atomic E-state index is 0.160. The largest absolute Gasteiger partial charge is 0.399 e. The van der Waals surface area contributed by atoms with E-state index in [-0.39, 0.29) is 12.2 Å². The third-order valence-corrected chi connectivity index (χ3v) is 5.30. The summed E-state index contributed by atoms with van der Waals surface area (Å²) < 4.78 is 40.5. The zero-order chi connectivity index (χ0) is 14.8. The van der Waals surface area contributed by atoms with E-state index in [1.807, 2.05) is 6.07 Å². The maximum Gasteiger partial charge on any atom is 0.243 e. The van der Waals surface area contributed by atoms with Gasteiger partial charge < -0.3 is 5.73 Å². The van der Waals surface area contributed by atoms with Gasteiger partial charge in [-0.05, 0) is 36.8 Å². The van der Waals surface area contributed by atoms with E-state index in [4.69, 9.17) is 17.3 Å². The van der Waals surface area contributed by atoms with Crippen LogP contribution in [-0.2, 0) is 16.4 Å². The van der Waals surface area contributed by atoms with Gasteiger partial charge >= 0.3 is 0 Å². The van der Waals surface area contributed by atoms with E-state index in [0.717, 1.165) is 17.0 Å². The number of hydrogen-bond donors (Lipinski definition) is 2. The zero-order valence-corrected chi connectivity index (χ0v) is 12.7. The number of anilines is 1. The van der Waals surface area contributed by atoms with Crippen LogP contribution in [0.5, 0.6) is 0 Å². The smallest absolute Gasteiger partial charge is 0.243 e. The molecule has 0 bridgehead atoms. The van der Waals surface area contributed by atoms with Crippen LogP contribution in [0.1, 0.15) is 4.88 Å². The number of nitrogen functional groups attached to an aromatic ring is 1. The molecular weight excluding hydrogens is 323 g/mol. The molecule has 20 heavy (non-hydrogen) atoms. The molecule has 108 valence electrons. The van der Waals surface area contributed by atoms with Gasteiger partial charge in [0.05, 0.1) is 4.34 Å². The summed E-state index contributed by atoms with van der Waals surface area (Å²) in [6, 6.07) is 7.00. The van der Waals surface area contributed by atoms with E-state index in [1.54, 1.807) is 6.07 Å². The maximum atomic E-state index is 13.5. The van der Waals surface area contributed by atoms with Crippen molar-refractivity contribution in [3.05, 3.63) is 45.4 Å². The van der Waals surface area contributed by atoms with Gasteiger partial charge in [-0.2, -0.15) is 0 Å². The van der Waals surface area contributed by atoms with Crippen molar-refractivity contribution in [3.63, 3.8) is 0 Å². The second-order valence-corrected chi connectivity index (χ2v) is 7.58. The average Bonchev–Trinajstić information content (AvgIpc) is 2.78. The molecule has 2 rings (SSSR count). The molecule has 0 fully saturated rings. The molecular formula is C12H12ClFN2O2S2. The highest BCUT2D eigenvalue weighted by Gasteiger charge is 2.18. The molecule has 0 unspecified atom stereocenters. The van der Waals surface area contributed by atoms with Crippen molar-refractivity contribution in [2.24, 2.45) is 0 Å². The lowest BCUT2D eigenvalue weighted by atomic mass is 10.3. The Balaban J connectivity index is 2.06. The van der Waals surface area contributed by atoms with Gasteiger partial charge in [-0.25, -0.2) is 17.5 Å². The summed E-state index contributed by atoms with van der Waals surface area (Å²) in [6.45, 7) is 0.160. The zero-order valence-electron chi connectivity index (χ0n) is 10.3. The van der Waals surface area contributed by atoms with Crippen molar-refractivity contribution in [2.75, 3.05) is 12.3 Å². The molecule has 1 heterocycles. The monoisotopic (exact) mass is 334 g/mol. The van der Waals surface area contributed by atoms with Crippen LogP contribution in [0.3, 0.4) is 0 Å². The van der Waals surface area contributed by atoms with E-state index >= 15 is 0 Å². The third-order valence-electron chi connectivity index (χ3n) is 2.54. The molecule has 4 nitrogen and oxygen atoms in total. The molecule has 2 aromatic rings. The van der Waals surface area contributed by atoms with Gasteiger partial charge in [0.1, 0.15) is 10.7 Å². The Kier molecular flexibility index (Phi) is 4.64. The van der Waals surface area contributed by atoms with Crippen LogP contribution in [0.25, 0.3) is 0 Å². The first kappa shape index (κ1) is 15.2. The summed E-state index contributed by atoms with van der Waals surface area (Å²) >= 11 is 7.16. The number of benzene rings is 1. The number of rotatable bonds is 5. The quantitative estimate of drug-likeness (QED) is 0.826. The summed E-state index contributed by atoms with van der Waals surface area (Å²) in [5, 5.41) is 0. The fourth-order valence-corrected chi connectivity index (χ4v) is 3.83. The summed E-state index contributed by atoms with van der Waals surface area (Å²) in [5.74, 6) is -0.828. The van der Waals surface area contributed by atoms with Crippen LogP contribution in [0.15, 0.2) is 35.2 Å². The van der Waals surface area contributed by atoms with Crippen LogP contribution < -0.4 is 10.5 Å². The Morgan fingerprint density at radius 1 is 1.30 bits per heavy atom. The molecule has 0 aliphatic carbocycles. The highest BCUT2D eigenvalue weighted by atomic mass is 35.5. The van der Waals surface area contributed by atoms with Crippen molar-refractivity contribution in [2.45, 2.75) is 11.3 Å². The van der Waals surface area contributed by atoms with Crippen molar-refractivity contribution in [3.8, 4) is 0 Å². The Morgan fingerprint density at radius 3 is 2.70 bits per heavy atom. The van der Waals surface area contributed by atoms with Crippen molar-refractivity contribution < 1.29 is 12.8 Å². The fourth-order valence-electron chi connectivity index (χ4n) is 1.60. The number of sulfonamides is 1. The van der Waals surface area contributed by atoms with E-state index in [1.165, 1.54) is 17.4 Å². The summed E-state index contributed by atoms with van der Waals surface area (Å²) in [4.78, 5) is 0.507. The molecule has 8 heteroatoms. The summed E-state index contributed by atoms with van der Waals surface area (Å²) in [7, 11) is -3.91. The first-order chi connectivity index (χ1) is 9.38. The van der Waals surface area contributed by atoms with Gasteiger partial charge in [0, 0.05) is 17.1 Å². The Hall–Kier alpha value is -1.15. The van der Waals surface area contributed by atoms with E-state index in [2.05, 4.69) is 4.72 Å². The molecule has 0 saturated heterocycles. The number of hydrogen-bond acceptors (Lipinski definition) is 4. The normalized spacial score (nSPS) is 11.7. The molecule has 0 radical (unpaired) electrons. The van der Waals surface area contributed by atoms with Gasteiger partial charge in [0.15, 0.2) is 0 Å². The van der Waals surface area contributed by atoms with E-state index in [0.29, 0.717) is 10.8 Å². The van der Waals surface area contributed by atoms with Crippen LogP contribution in [0, 0.1) is 5.82 Å². The van der Waals surface area contributed by atoms with E-state index in [9.17, 15) is 12.8 Å². The second kappa shape index (κ2) is 6.09. The van der Waals surface area contributed by atoms with Gasteiger partial charge in [-0.3, -0.25) is 0 Å². The molecule has 0 saturated carbocycles. The maximum absolute atomic E-state index is 13.5. The number of nitrogens with one attached hydrogen (secondary N) is 1. The number of thiophene rings is 1. The fraction of sp³-hybridized carbons (Fsp3) is 0.167. The lowest BCUT2D eigenvalue weighted by Gasteiger charge is -2.07. The molecule has 0 atom stereocenters. The highest BCUT2D eigenvalue weighted by Crippen LogP contribution is 2.22.